The van der Waals surface area contributed by atoms with Crippen molar-refractivity contribution in [3.8, 4) is 0 Å². The number of carbonyl (C=O) groups excluding carboxylic acids is 2. The van der Waals surface area contributed by atoms with Crippen molar-refractivity contribution in [2.75, 3.05) is 11.4 Å². The highest BCUT2D eigenvalue weighted by molar-refractivity contribution is 9.10. The molecule has 0 fully saturated rings. The molecule has 2 aromatic rings. The topological polar surface area (TPSA) is 70.5 Å². The van der Waals surface area contributed by atoms with Crippen LogP contribution in [0.4, 0.5) is 5.69 Å². The monoisotopic (exact) mass is 388 g/mol. The van der Waals surface area contributed by atoms with Gasteiger partial charge in [-0.25, -0.2) is 0 Å². The van der Waals surface area contributed by atoms with Gasteiger partial charge < -0.3 is 10.0 Å². The van der Waals surface area contributed by atoms with Crippen LogP contribution in [0.5, 0.6) is 0 Å². The highest BCUT2D eigenvalue weighted by atomic mass is 79.9. The number of aromatic nitrogens is 1. The van der Waals surface area contributed by atoms with Gasteiger partial charge in [-0.15, -0.1) is 0 Å². The molecule has 0 aliphatic carbocycles. The van der Waals surface area contributed by atoms with Gasteiger partial charge in [0, 0.05) is 22.8 Å². The summed E-state index contributed by atoms with van der Waals surface area (Å²) in [5.41, 5.74) is -0.506. The Morgan fingerprint density at radius 1 is 1.33 bits per heavy atom. The lowest BCUT2D eigenvalue weighted by atomic mass is 9.89. The molecular formula is C18H17BrN2O3. The molecule has 1 aliphatic heterocycles. The van der Waals surface area contributed by atoms with E-state index in [0.29, 0.717) is 17.8 Å². The molecule has 24 heavy (non-hydrogen) atoms. The molecule has 3 rings (SSSR count). The first kappa shape index (κ1) is 16.8. The van der Waals surface area contributed by atoms with Crippen molar-refractivity contribution in [2.24, 2.45) is 0 Å². The van der Waals surface area contributed by atoms with Crippen molar-refractivity contribution >= 4 is 33.3 Å². The van der Waals surface area contributed by atoms with E-state index in [1.165, 1.54) is 6.20 Å². The fourth-order valence-corrected chi connectivity index (χ4v) is 3.35. The Balaban J connectivity index is 2.01. The molecule has 6 heteroatoms. The minimum Gasteiger partial charge on any atom is -0.375 e. The number of halogens is 1. The molecule has 0 spiro atoms. The Morgan fingerprint density at radius 2 is 2.12 bits per heavy atom. The minimum atomic E-state index is -1.86. The van der Waals surface area contributed by atoms with E-state index in [1.807, 2.05) is 13.0 Å². The number of pyridine rings is 1. The lowest BCUT2D eigenvalue weighted by molar-refractivity contribution is -0.135. The number of amides is 1. The number of benzene rings is 1. The van der Waals surface area contributed by atoms with E-state index in [4.69, 9.17) is 0 Å². The van der Waals surface area contributed by atoms with E-state index in [1.54, 1.807) is 35.2 Å². The number of rotatable bonds is 5. The predicted octanol–water partition coefficient (Wildman–Crippen LogP) is 3.06. The maximum Gasteiger partial charge on any atom is 0.264 e. The SMILES string of the molecule is CCCN1C(=O)[C@@](O)(CC(=O)c2ccccn2)c2cc(Br)ccc21. The van der Waals surface area contributed by atoms with E-state index in [2.05, 4.69) is 20.9 Å². The molecule has 0 unspecified atom stereocenters. The van der Waals surface area contributed by atoms with Gasteiger partial charge in [0.1, 0.15) is 5.69 Å². The number of Topliss-reactive ketones (excluding diaryl/α,β-unsaturated/α-hetero) is 1. The molecule has 1 aromatic carbocycles. The Labute approximate surface area is 148 Å². The van der Waals surface area contributed by atoms with Crippen LogP contribution in [0.25, 0.3) is 0 Å². The Morgan fingerprint density at radius 3 is 2.79 bits per heavy atom. The first-order valence-corrected chi connectivity index (χ1v) is 8.55. The first-order chi connectivity index (χ1) is 11.5. The highest BCUT2D eigenvalue weighted by Gasteiger charge is 2.50. The zero-order chi connectivity index (χ0) is 17.3. The van der Waals surface area contributed by atoms with Gasteiger partial charge in [0.05, 0.1) is 12.1 Å². The fraction of sp³-hybridized carbons (Fsp3) is 0.278. The van der Waals surface area contributed by atoms with Crippen LogP contribution in [0.1, 0.15) is 35.8 Å². The second-order valence-corrected chi connectivity index (χ2v) is 6.71. The van der Waals surface area contributed by atoms with E-state index >= 15 is 0 Å². The molecule has 0 radical (unpaired) electrons. The lowest BCUT2D eigenvalue weighted by Crippen LogP contribution is -2.42. The van der Waals surface area contributed by atoms with Crippen molar-refractivity contribution in [1.29, 1.82) is 0 Å². The second-order valence-electron chi connectivity index (χ2n) is 5.79. The van der Waals surface area contributed by atoms with E-state index in [-0.39, 0.29) is 17.9 Å². The average Bonchev–Trinajstić information content (AvgIpc) is 2.78. The molecule has 1 aliphatic rings. The van der Waals surface area contributed by atoms with E-state index < -0.39 is 11.5 Å². The fourth-order valence-electron chi connectivity index (χ4n) is 2.99. The van der Waals surface area contributed by atoms with Gasteiger partial charge in [-0.1, -0.05) is 28.9 Å². The zero-order valence-electron chi connectivity index (χ0n) is 13.2. The smallest absolute Gasteiger partial charge is 0.264 e. The number of hydrogen-bond acceptors (Lipinski definition) is 4. The number of nitrogens with zero attached hydrogens (tertiary/aromatic N) is 2. The minimum absolute atomic E-state index is 0.240. The third-order valence-corrected chi connectivity index (χ3v) is 4.60. The van der Waals surface area contributed by atoms with Crippen molar-refractivity contribution in [2.45, 2.75) is 25.4 Å². The molecule has 0 saturated carbocycles. The van der Waals surface area contributed by atoms with Crippen molar-refractivity contribution < 1.29 is 14.7 Å². The molecular weight excluding hydrogens is 372 g/mol. The molecule has 5 nitrogen and oxygen atoms in total. The van der Waals surface area contributed by atoms with Gasteiger partial charge in [-0.2, -0.15) is 0 Å². The Bertz CT molecular complexity index is 794. The Kier molecular flexibility index (Phi) is 4.51. The van der Waals surface area contributed by atoms with E-state index in [0.717, 1.165) is 10.9 Å². The summed E-state index contributed by atoms with van der Waals surface area (Å²) in [6, 6.07) is 10.3. The number of carbonyl (C=O) groups is 2. The van der Waals surface area contributed by atoms with Gasteiger partial charge in [-0.3, -0.25) is 14.6 Å². The molecule has 1 N–H and O–H groups in total. The van der Waals surface area contributed by atoms with Crippen LogP contribution < -0.4 is 4.90 Å². The molecule has 2 heterocycles. The third kappa shape index (κ3) is 2.76. The summed E-state index contributed by atoms with van der Waals surface area (Å²) in [4.78, 5) is 30.9. The summed E-state index contributed by atoms with van der Waals surface area (Å²) in [5.74, 6) is -0.822. The number of aliphatic hydroxyl groups is 1. The Hall–Kier alpha value is -2.05. The van der Waals surface area contributed by atoms with Crippen molar-refractivity contribution in [3.63, 3.8) is 0 Å². The van der Waals surface area contributed by atoms with Crippen molar-refractivity contribution in [1.82, 2.24) is 4.98 Å². The second kappa shape index (κ2) is 6.45. The van der Waals surface area contributed by atoms with Crippen LogP contribution in [0.15, 0.2) is 47.1 Å². The molecule has 0 bridgehead atoms. The van der Waals surface area contributed by atoms with Crippen molar-refractivity contribution in [3.05, 3.63) is 58.3 Å². The zero-order valence-corrected chi connectivity index (χ0v) is 14.8. The van der Waals surface area contributed by atoms with Gasteiger partial charge in [0.2, 0.25) is 0 Å². The summed E-state index contributed by atoms with van der Waals surface area (Å²) >= 11 is 3.37. The van der Waals surface area contributed by atoms with Crippen LogP contribution in [0.3, 0.4) is 0 Å². The summed E-state index contributed by atoms with van der Waals surface area (Å²) in [5, 5.41) is 11.1. The molecule has 0 saturated heterocycles. The number of fused-ring (bicyclic) bond motifs is 1. The summed E-state index contributed by atoms with van der Waals surface area (Å²) in [6.45, 7) is 2.45. The van der Waals surface area contributed by atoms with Gasteiger partial charge in [0.25, 0.3) is 5.91 Å². The first-order valence-electron chi connectivity index (χ1n) is 7.76. The average molecular weight is 389 g/mol. The summed E-state index contributed by atoms with van der Waals surface area (Å²) in [7, 11) is 0. The lowest BCUT2D eigenvalue weighted by Gasteiger charge is -2.22. The van der Waals surface area contributed by atoms with Crippen LogP contribution in [-0.2, 0) is 10.4 Å². The third-order valence-electron chi connectivity index (χ3n) is 4.11. The number of hydrogen-bond donors (Lipinski definition) is 1. The van der Waals surface area contributed by atoms with Gasteiger partial charge >= 0.3 is 0 Å². The van der Waals surface area contributed by atoms with Crippen LogP contribution >= 0.6 is 15.9 Å². The predicted molar refractivity (Wildman–Crippen MR) is 93.9 cm³/mol. The maximum atomic E-state index is 12.8. The molecule has 1 amide bonds. The molecule has 124 valence electrons. The van der Waals surface area contributed by atoms with Gasteiger partial charge in [-0.05, 0) is 36.8 Å². The summed E-state index contributed by atoms with van der Waals surface area (Å²) in [6.07, 6.45) is 1.94. The normalized spacial score (nSPS) is 19.5. The molecule has 1 atom stereocenters. The van der Waals surface area contributed by atoms with Gasteiger partial charge in [0.15, 0.2) is 11.4 Å². The number of ketones is 1. The quantitative estimate of drug-likeness (QED) is 0.798. The highest BCUT2D eigenvalue weighted by Crippen LogP contribution is 2.44. The van der Waals surface area contributed by atoms with E-state index in [9.17, 15) is 14.7 Å². The molecule has 1 aromatic heterocycles. The van der Waals surface area contributed by atoms with Crippen LogP contribution in [0.2, 0.25) is 0 Å². The maximum absolute atomic E-state index is 12.8. The summed E-state index contributed by atoms with van der Waals surface area (Å²) < 4.78 is 0.746. The van der Waals surface area contributed by atoms with Crippen LogP contribution in [0, 0.1) is 0 Å². The largest absolute Gasteiger partial charge is 0.375 e. The number of anilines is 1. The standard InChI is InChI=1S/C18H17BrN2O3/c1-2-9-21-15-7-6-12(19)10-13(15)18(24,17(21)23)11-16(22)14-5-3-4-8-20-14/h3-8,10,24H,2,9,11H2,1H3/t18-/m1/s1. The van der Waals surface area contributed by atoms with Crippen LogP contribution in [-0.4, -0.2) is 28.3 Å².